The maximum atomic E-state index is 12.9. The maximum absolute atomic E-state index is 12.9. The van der Waals surface area contributed by atoms with Gasteiger partial charge in [-0.15, -0.1) is 0 Å². The first-order valence-electron chi connectivity index (χ1n) is 10.5. The first-order chi connectivity index (χ1) is 15.8. The largest absolute Gasteiger partial charge is 0.485 e. The highest BCUT2D eigenvalue weighted by atomic mass is 32.2. The number of carbonyl (C=O) groups excluding carboxylic acids is 2. The Hall–Kier alpha value is -3.60. The molecule has 11 heteroatoms. The van der Waals surface area contributed by atoms with Crippen molar-refractivity contribution in [2.24, 2.45) is 10.9 Å². The second kappa shape index (κ2) is 9.10. The van der Waals surface area contributed by atoms with E-state index in [1.54, 1.807) is 42.5 Å². The van der Waals surface area contributed by atoms with E-state index < -0.39 is 34.0 Å². The van der Waals surface area contributed by atoms with Crippen molar-refractivity contribution < 1.29 is 27.5 Å². The summed E-state index contributed by atoms with van der Waals surface area (Å²) in [6.07, 6.45) is -0.338. The van der Waals surface area contributed by atoms with Crippen molar-refractivity contribution in [3.05, 3.63) is 54.1 Å². The Labute approximate surface area is 191 Å². The van der Waals surface area contributed by atoms with E-state index in [-0.39, 0.29) is 23.3 Å². The number of hydrazine groups is 1. The number of rotatable bonds is 5. The molecule has 2 heterocycles. The molecule has 2 amide bonds. The summed E-state index contributed by atoms with van der Waals surface area (Å²) in [7, 11) is -3.74. The van der Waals surface area contributed by atoms with E-state index in [1.165, 1.54) is 6.07 Å². The molecule has 0 radical (unpaired) electrons. The van der Waals surface area contributed by atoms with Crippen molar-refractivity contribution in [1.29, 1.82) is 0 Å². The van der Waals surface area contributed by atoms with Gasteiger partial charge in [0.25, 0.3) is 21.8 Å². The number of hydrogen-bond donors (Lipinski definition) is 3. The molecule has 0 saturated heterocycles. The van der Waals surface area contributed by atoms with Gasteiger partial charge in [0.2, 0.25) is 6.10 Å². The smallest absolute Gasteiger partial charge is 0.283 e. The van der Waals surface area contributed by atoms with Gasteiger partial charge in [-0.3, -0.25) is 30.2 Å². The van der Waals surface area contributed by atoms with Crippen LogP contribution in [0.25, 0.3) is 0 Å². The van der Waals surface area contributed by atoms with Crippen molar-refractivity contribution in [3.63, 3.8) is 0 Å². The van der Waals surface area contributed by atoms with Crippen LogP contribution in [0.15, 0.2) is 58.4 Å². The van der Waals surface area contributed by atoms with Gasteiger partial charge in [-0.2, -0.15) is 0 Å². The fourth-order valence-electron chi connectivity index (χ4n) is 3.46. The predicted molar refractivity (Wildman–Crippen MR) is 119 cm³/mol. The van der Waals surface area contributed by atoms with E-state index in [2.05, 4.69) is 20.6 Å². The minimum absolute atomic E-state index is 0.00558. The van der Waals surface area contributed by atoms with Crippen LogP contribution in [0.2, 0.25) is 0 Å². The fourth-order valence-corrected chi connectivity index (χ4v) is 4.70. The number of benzene rings is 2. The zero-order chi connectivity index (χ0) is 23.6. The molecular formula is C22H24N4O6S. The third-order valence-electron chi connectivity index (χ3n) is 5.49. The molecule has 0 fully saturated rings. The second-order valence-electron chi connectivity index (χ2n) is 7.75. The Balaban J connectivity index is 1.46. The van der Waals surface area contributed by atoms with Gasteiger partial charge in [0, 0.05) is 5.56 Å². The van der Waals surface area contributed by atoms with Crippen LogP contribution >= 0.6 is 0 Å². The maximum Gasteiger partial charge on any atom is 0.283 e. The van der Waals surface area contributed by atoms with Crippen LogP contribution in [0, 0.1) is 5.92 Å². The highest BCUT2D eigenvalue weighted by molar-refractivity contribution is 7.90. The van der Waals surface area contributed by atoms with Gasteiger partial charge in [0.1, 0.15) is 18.5 Å². The van der Waals surface area contributed by atoms with Gasteiger partial charge in [-0.1, -0.05) is 44.5 Å². The van der Waals surface area contributed by atoms with Crippen molar-refractivity contribution in [2.45, 2.75) is 37.3 Å². The average Bonchev–Trinajstić information content (AvgIpc) is 3.09. The van der Waals surface area contributed by atoms with E-state index in [0.29, 0.717) is 23.5 Å². The predicted octanol–water partition coefficient (Wildman–Crippen LogP) is 1.13. The monoisotopic (exact) mass is 472 g/mol. The molecule has 0 bridgehead atoms. The molecule has 10 nitrogen and oxygen atoms in total. The Bertz CT molecular complexity index is 1210. The number of nitrogens with one attached hydrogen (secondary N) is 3. The van der Waals surface area contributed by atoms with E-state index >= 15 is 0 Å². The Morgan fingerprint density at radius 3 is 2.58 bits per heavy atom. The number of aliphatic imine (C=N–C) groups is 1. The topological polar surface area (TPSA) is 135 Å². The third kappa shape index (κ3) is 4.63. The molecule has 2 aliphatic rings. The summed E-state index contributed by atoms with van der Waals surface area (Å²) in [6, 6.07) is 12.4. The lowest BCUT2D eigenvalue weighted by Crippen LogP contribution is -2.53. The van der Waals surface area contributed by atoms with Gasteiger partial charge < -0.3 is 9.47 Å². The van der Waals surface area contributed by atoms with Crippen LogP contribution in [0.4, 0.5) is 0 Å². The summed E-state index contributed by atoms with van der Waals surface area (Å²) in [5.41, 5.74) is 5.13. The van der Waals surface area contributed by atoms with Crippen LogP contribution in [0.1, 0.15) is 25.8 Å². The van der Waals surface area contributed by atoms with Gasteiger partial charge in [-0.25, -0.2) is 8.42 Å². The highest BCUT2D eigenvalue weighted by Gasteiger charge is 2.34. The lowest BCUT2D eigenvalue weighted by atomic mass is 9.99. The van der Waals surface area contributed by atoms with Crippen LogP contribution in [-0.4, -0.2) is 44.8 Å². The Morgan fingerprint density at radius 1 is 1.12 bits per heavy atom. The number of amidine groups is 1. The third-order valence-corrected chi connectivity index (χ3v) is 6.89. The summed E-state index contributed by atoms with van der Waals surface area (Å²) >= 11 is 0. The standard InChI is InChI=1S/C22H24N4O6S/c1-3-13(2)19(23-20-14-8-4-7-11-18(14)33(29,30)26-20)22(28)25-24-21(27)17-12-31-15-9-5-6-10-16(15)32-17/h4-11,13,17,19H,3,12H2,1-2H3,(H,23,26)(H,24,27)(H,25,28)/t13-,17?,19-/m0/s1. The van der Waals surface area contributed by atoms with Crippen molar-refractivity contribution in [2.75, 3.05) is 6.61 Å². The van der Waals surface area contributed by atoms with Crippen molar-refractivity contribution in [1.82, 2.24) is 15.6 Å². The first-order valence-corrected chi connectivity index (χ1v) is 12.0. The van der Waals surface area contributed by atoms with E-state index in [0.717, 1.165) is 0 Å². The zero-order valence-corrected chi connectivity index (χ0v) is 18.9. The minimum atomic E-state index is -3.74. The average molecular weight is 473 g/mol. The highest BCUT2D eigenvalue weighted by Crippen LogP contribution is 2.30. The summed E-state index contributed by atoms with van der Waals surface area (Å²) in [6.45, 7) is 3.70. The van der Waals surface area contributed by atoms with Crippen molar-refractivity contribution in [3.8, 4) is 11.5 Å². The number of sulfonamides is 1. The van der Waals surface area contributed by atoms with Gasteiger partial charge in [0.15, 0.2) is 11.5 Å². The molecule has 2 aromatic rings. The molecule has 33 heavy (non-hydrogen) atoms. The molecular weight excluding hydrogens is 448 g/mol. The minimum Gasteiger partial charge on any atom is -0.485 e. The molecule has 0 spiro atoms. The van der Waals surface area contributed by atoms with Crippen LogP contribution < -0.4 is 25.0 Å². The zero-order valence-electron chi connectivity index (χ0n) is 18.1. The van der Waals surface area contributed by atoms with Gasteiger partial charge >= 0.3 is 0 Å². The summed E-state index contributed by atoms with van der Waals surface area (Å²) < 4.78 is 38.3. The number of nitrogens with zero attached hydrogens (tertiary/aromatic N) is 1. The summed E-state index contributed by atoms with van der Waals surface area (Å²) in [5, 5.41) is 0. The van der Waals surface area contributed by atoms with E-state index in [9.17, 15) is 18.0 Å². The number of amides is 2. The molecule has 1 unspecified atom stereocenters. The van der Waals surface area contributed by atoms with Gasteiger partial charge in [-0.05, 0) is 30.2 Å². The molecule has 3 atom stereocenters. The number of hydrogen-bond acceptors (Lipinski definition) is 7. The lowest BCUT2D eigenvalue weighted by Gasteiger charge is -2.26. The van der Waals surface area contributed by atoms with Crippen molar-refractivity contribution >= 4 is 27.7 Å². The quantitative estimate of drug-likeness (QED) is 0.559. The summed E-state index contributed by atoms with van der Waals surface area (Å²) in [5.74, 6) is -0.319. The number of fused-ring (bicyclic) bond motifs is 2. The van der Waals surface area contributed by atoms with E-state index in [1.807, 2.05) is 13.8 Å². The summed E-state index contributed by atoms with van der Waals surface area (Å²) in [4.78, 5) is 29.9. The van der Waals surface area contributed by atoms with E-state index in [4.69, 9.17) is 9.47 Å². The Kier molecular flexibility index (Phi) is 6.23. The van der Waals surface area contributed by atoms with Crippen LogP contribution in [0.3, 0.4) is 0 Å². The number of ether oxygens (including phenoxy) is 2. The second-order valence-corrected chi connectivity index (χ2v) is 9.40. The molecule has 4 rings (SSSR count). The number of para-hydroxylation sites is 2. The van der Waals surface area contributed by atoms with Crippen LogP contribution in [-0.2, 0) is 19.6 Å². The Morgan fingerprint density at radius 2 is 1.82 bits per heavy atom. The molecule has 2 aromatic carbocycles. The molecule has 3 N–H and O–H groups in total. The molecule has 0 aromatic heterocycles. The number of carbonyl (C=O) groups is 2. The lowest BCUT2D eigenvalue weighted by molar-refractivity contribution is -0.135. The van der Waals surface area contributed by atoms with Crippen LogP contribution in [0.5, 0.6) is 11.5 Å². The molecule has 0 saturated carbocycles. The SMILES string of the molecule is CC[C@H](C)[C@H](N=C1NS(=O)(=O)c2ccccc21)C(=O)NNC(=O)C1COc2ccccc2O1. The normalized spacial score (nSPS) is 20.8. The molecule has 174 valence electrons. The molecule has 2 aliphatic heterocycles. The first kappa shape index (κ1) is 22.6. The fraction of sp³-hybridized carbons (Fsp3) is 0.318. The van der Waals surface area contributed by atoms with Gasteiger partial charge in [0.05, 0.1) is 4.90 Å². The molecule has 0 aliphatic carbocycles.